The van der Waals surface area contributed by atoms with Gasteiger partial charge in [-0.2, -0.15) is 0 Å². The summed E-state index contributed by atoms with van der Waals surface area (Å²) in [4.78, 5) is 36.4. The van der Waals surface area contributed by atoms with Gasteiger partial charge in [-0.25, -0.2) is 19.8 Å². The first-order valence-electron chi connectivity index (χ1n) is 11.6. The van der Waals surface area contributed by atoms with Gasteiger partial charge >= 0.3 is 12.1 Å². The number of carbonyl (C=O) groups excluding carboxylic acids is 2. The smallest absolute Gasteiger partial charge is 0.413 e. The molecule has 5 rings (SSSR count). The van der Waals surface area contributed by atoms with E-state index >= 15 is 0 Å². The number of fused-ring (bicyclic) bond motifs is 3. The van der Waals surface area contributed by atoms with Crippen molar-refractivity contribution in [3.05, 3.63) is 64.9 Å². The summed E-state index contributed by atoms with van der Waals surface area (Å²) < 4.78 is 10.8. The Labute approximate surface area is 206 Å². The minimum Gasteiger partial charge on any atom is -0.448 e. The number of aliphatic hydroxyl groups is 1. The first kappa shape index (κ1) is 23.5. The zero-order valence-electron chi connectivity index (χ0n) is 19.4. The van der Waals surface area contributed by atoms with Gasteiger partial charge in [0.25, 0.3) is 5.96 Å². The van der Waals surface area contributed by atoms with Gasteiger partial charge in [0.15, 0.2) is 18.5 Å². The third-order valence-corrected chi connectivity index (χ3v) is 6.47. The number of esters is 1. The number of rotatable bonds is 7. The van der Waals surface area contributed by atoms with Crippen molar-refractivity contribution in [1.29, 1.82) is 0 Å². The molecule has 2 aliphatic heterocycles. The molecule has 0 unspecified atom stereocenters. The Morgan fingerprint density at radius 2 is 1.89 bits per heavy atom. The average Bonchev–Trinajstić information content (AvgIpc) is 3.43. The number of guanidine groups is 1. The largest absolute Gasteiger partial charge is 0.448 e. The molecule has 2 aromatic rings. The molecular weight excluding hydrogens is 470 g/mol. The van der Waals surface area contributed by atoms with E-state index in [2.05, 4.69) is 27.1 Å². The molecule has 1 N–H and O–H groups in total. The third kappa shape index (κ3) is 4.54. The zero-order valence-corrected chi connectivity index (χ0v) is 19.4. The summed E-state index contributed by atoms with van der Waals surface area (Å²) in [7, 11) is 0. The topological polar surface area (TPSA) is 139 Å². The fourth-order valence-electron chi connectivity index (χ4n) is 4.72. The molecule has 0 radical (unpaired) electrons. The maximum absolute atomic E-state index is 13.0. The van der Waals surface area contributed by atoms with Gasteiger partial charge in [0.05, 0.1) is 0 Å². The zero-order chi connectivity index (χ0) is 25.1. The van der Waals surface area contributed by atoms with Crippen molar-refractivity contribution in [3.63, 3.8) is 0 Å². The van der Waals surface area contributed by atoms with Crippen molar-refractivity contribution in [2.24, 2.45) is 10.1 Å². The molecule has 2 aromatic carbocycles. The lowest BCUT2D eigenvalue weighted by Gasteiger charge is -2.23. The molecule has 1 saturated heterocycles. The van der Waals surface area contributed by atoms with Gasteiger partial charge in [-0.1, -0.05) is 48.5 Å². The normalized spacial score (nSPS) is 18.5. The summed E-state index contributed by atoms with van der Waals surface area (Å²) in [6.07, 6.45) is 0.0316. The number of amides is 1. The van der Waals surface area contributed by atoms with Gasteiger partial charge in [0.2, 0.25) is 0 Å². The van der Waals surface area contributed by atoms with Gasteiger partial charge in [0, 0.05) is 12.5 Å². The Morgan fingerprint density at radius 3 is 2.56 bits per heavy atom. The minimum absolute atomic E-state index is 0.0260. The Hall–Kier alpha value is -4.19. The molecule has 1 atom stereocenters. The SMILES string of the molecule is O=C1OCN(C(=O)OCC2c3ccccc3-c3ccccc32)[C@H]1CCCN(CO)C1=NCO[N+]([O-])=N1. The van der Waals surface area contributed by atoms with Crippen molar-refractivity contribution in [3.8, 4) is 11.1 Å². The van der Waals surface area contributed by atoms with Crippen molar-refractivity contribution < 1.29 is 34.0 Å². The van der Waals surface area contributed by atoms with Crippen LogP contribution in [0.2, 0.25) is 0 Å². The van der Waals surface area contributed by atoms with Crippen LogP contribution in [0.1, 0.15) is 29.9 Å². The van der Waals surface area contributed by atoms with E-state index in [1.54, 1.807) is 0 Å². The van der Waals surface area contributed by atoms with Crippen molar-refractivity contribution in [2.45, 2.75) is 24.8 Å². The monoisotopic (exact) mass is 495 g/mol. The maximum atomic E-state index is 13.0. The summed E-state index contributed by atoms with van der Waals surface area (Å²) in [6, 6.07) is 15.3. The second-order valence-electron chi connectivity index (χ2n) is 8.48. The fraction of sp³-hybridized carbons (Fsp3) is 0.375. The van der Waals surface area contributed by atoms with E-state index < -0.39 is 24.8 Å². The molecule has 0 bridgehead atoms. The molecule has 1 aliphatic carbocycles. The number of benzene rings is 2. The molecule has 12 heteroatoms. The number of carbonyl (C=O) groups is 2. The first-order valence-corrected chi connectivity index (χ1v) is 11.6. The van der Waals surface area contributed by atoms with Crippen LogP contribution in [0, 0.1) is 5.21 Å². The average molecular weight is 495 g/mol. The highest BCUT2D eigenvalue weighted by atomic mass is 16.9. The van der Waals surface area contributed by atoms with Crippen LogP contribution < -0.4 is 0 Å². The Kier molecular flexibility index (Phi) is 6.67. The Bertz CT molecular complexity index is 1170. The molecule has 2 heterocycles. The summed E-state index contributed by atoms with van der Waals surface area (Å²) in [6.45, 7) is -0.439. The number of hydrogen-bond donors (Lipinski definition) is 1. The van der Waals surface area contributed by atoms with Crippen molar-refractivity contribution in [2.75, 3.05) is 33.3 Å². The number of aliphatic imine (C=N–C) groups is 1. The van der Waals surface area contributed by atoms with E-state index in [0.717, 1.165) is 22.3 Å². The van der Waals surface area contributed by atoms with Crippen molar-refractivity contribution in [1.82, 2.24) is 9.80 Å². The standard InChI is InChI=1S/C24H25N5O7/c30-14-27(23-25-13-36-29(33)26-23)11-5-10-21-22(31)35-15-28(21)24(32)34-12-20-18-8-3-1-6-16(18)17-7-2-4-9-19(17)20/h1-4,6-9,20-21,30H,5,10-15H2/t21-/m0/s1. The Balaban J connectivity index is 1.19. The highest BCUT2D eigenvalue weighted by Crippen LogP contribution is 2.44. The second-order valence-corrected chi connectivity index (χ2v) is 8.48. The van der Waals surface area contributed by atoms with Gasteiger partial charge in [0.1, 0.15) is 24.5 Å². The van der Waals surface area contributed by atoms with Crippen LogP contribution in [0.4, 0.5) is 4.79 Å². The van der Waals surface area contributed by atoms with E-state index in [0.29, 0.717) is 6.42 Å². The molecule has 36 heavy (non-hydrogen) atoms. The quantitative estimate of drug-likeness (QED) is 0.351. The second kappa shape index (κ2) is 10.2. The van der Waals surface area contributed by atoms with E-state index in [-0.39, 0.29) is 49.9 Å². The molecule has 188 valence electrons. The first-order chi connectivity index (χ1) is 17.6. The van der Waals surface area contributed by atoms with Crippen LogP contribution >= 0.6 is 0 Å². The number of ether oxygens (including phenoxy) is 2. The molecule has 12 nitrogen and oxygen atoms in total. The highest BCUT2D eigenvalue weighted by Gasteiger charge is 2.39. The lowest BCUT2D eigenvalue weighted by atomic mass is 9.98. The molecule has 3 aliphatic rings. The van der Waals surface area contributed by atoms with Crippen LogP contribution in [0.15, 0.2) is 58.6 Å². The van der Waals surface area contributed by atoms with Gasteiger partial charge in [-0.05, 0) is 35.1 Å². The van der Waals surface area contributed by atoms with Crippen LogP contribution in [0.25, 0.3) is 11.1 Å². The lowest BCUT2D eigenvalue weighted by Crippen LogP contribution is -2.40. The molecule has 0 spiro atoms. The summed E-state index contributed by atoms with van der Waals surface area (Å²) in [5, 5.41) is 24.4. The minimum atomic E-state index is -0.814. The molecule has 0 saturated carbocycles. The molecule has 1 fully saturated rings. The van der Waals surface area contributed by atoms with Crippen LogP contribution in [-0.4, -0.2) is 77.3 Å². The van der Waals surface area contributed by atoms with Crippen LogP contribution in [0.5, 0.6) is 0 Å². The number of nitrogens with zero attached hydrogens (tertiary/aromatic N) is 5. The molecular formula is C24H25N5O7. The number of aliphatic hydroxyl groups excluding tert-OH is 1. The van der Waals surface area contributed by atoms with Crippen LogP contribution in [-0.2, 0) is 19.1 Å². The van der Waals surface area contributed by atoms with Crippen molar-refractivity contribution >= 4 is 18.0 Å². The molecule has 0 aromatic heterocycles. The lowest BCUT2D eigenvalue weighted by molar-refractivity contribution is -0.789. The van der Waals surface area contributed by atoms with Gasteiger partial charge in [-0.3, -0.25) is 4.90 Å². The molecule has 1 amide bonds. The summed E-state index contributed by atoms with van der Waals surface area (Å²) in [5.74, 6) is -0.583. The predicted molar refractivity (Wildman–Crippen MR) is 124 cm³/mol. The maximum Gasteiger partial charge on any atom is 0.413 e. The van der Waals surface area contributed by atoms with Gasteiger partial charge < -0.3 is 24.3 Å². The van der Waals surface area contributed by atoms with Crippen LogP contribution in [0.3, 0.4) is 0 Å². The summed E-state index contributed by atoms with van der Waals surface area (Å²) >= 11 is 0. The highest BCUT2D eigenvalue weighted by molar-refractivity contribution is 5.84. The number of cyclic esters (lactones) is 1. The number of hydrogen-bond acceptors (Lipinski definition) is 10. The van der Waals surface area contributed by atoms with E-state index in [4.69, 9.17) is 9.47 Å². The van der Waals surface area contributed by atoms with E-state index in [9.17, 15) is 19.9 Å². The van der Waals surface area contributed by atoms with E-state index in [1.807, 2.05) is 36.4 Å². The Morgan fingerprint density at radius 1 is 1.19 bits per heavy atom. The fourth-order valence-corrected chi connectivity index (χ4v) is 4.72. The summed E-state index contributed by atoms with van der Waals surface area (Å²) in [5.41, 5.74) is 4.44. The van der Waals surface area contributed by atoms with Gasteiger partial charge in [-0.15, -0.1) is 0 Å². The third-order valence-electron chi connectivity index (χ3n) is 6.47. The predicted octanol–water partition coefficient (Wildman–Crippen LogP) is 2.37. The van der Waals surface area contributed by atoms with E-state index in [1.165, 1.54) is 9.80 Å².